The van der Waals surface area contributed by atoms with Gasteiger partial charge in [-0.2, -0.15) is 0 Å². The van der Waals surface area contributed by atoms with Crippen molar-refractivity contribution in [2.45, 2.75) is 32.9 Å². The zero-order valence-electron chi connectivity index (χ0n) is 17.4. The van der Waals surface area contributed by atoms with Crippen LogP contribution in [-0.4, -0.2) is 16.2 Å². The minimum absolute atomic E-state index is 0.360. The van der Waals surface area contributed by atoms with Crippen LogP contribution in [0.1, 0.15) is 24.2 Å². The first kappa shape index (κ1) is 21.5. The average Bonchev–Trinajstić information content (AvgIpc) is 3.13. The van der Waals surface area contributed by atoms with Gasteiger partial charge in [0.1, 0.15) is 23.9 Å². The number of hydrogen-bond acceptors (Lipinski definition) is 3. The van der Waals surface area contributed by atoms with Crippen molar-refractivity contribution in [1.82, 2.24) is 9.55 Å². The molecule has 160 valence electrons. The van der Waals surface area contributed by atoms with Gasteiger partial charge in [0, 0.05) is 11.6 Å². The molecule has 4 nitrogen and oxygen atoms in total. The predicted octanol–water partition coefficient (Wildman–Crippen LogP) is 7.09. The van der Waals surface area contributed by atoms with Gasteiger partial charge in [-0.3, -0.25) is 0 Å². The van der Waals surface area contributed by atoms with Crippen molar-refractivity contribution in [2.75, 3.05) is 6.61 Å². The molecule has 31 heavy (non-hydrogen) atoms. The van der Waals surface area contributed by atoms with E-state index >= 15 is 0 Å². The van der Waals surface area contributed by atoms with Gasteiger partial charge in [0.25, 0.3) is 0 Å². The fourth-order valence-corrected chi connectivity index (χ4v) is 3.77. The molecule has 0 atom stereocenters. The van der Waals surface area contributed by atoms with Crippen LogP contribution in [0.4, 0.5) is 0 Å². The first-order chi connectivity index (χ1) is 15.1. The Labute approximate surface area is 192 Å². The summed E-state index contributed by atoms with van der Waals surface area (Å²) in [5, 5.41) is 1.35. The highest BCUT2D eigenvalue weighted by molar-refractivity contribution is 6.32. The van der Waals surface area contributed by atoms with Crippen LogP contribution in [0.5, 0.6) is 11.5 Å². The summed E-state index contributed by atoms with van der Waals surface area (Å²) >= 11 is 12.3. The molecule has 0 aliphatic heterocycles. The molecule has 3 aromatic carbocycles. The Morgan fingerprint density at radius 3 is 2.52 bits per heavy atom. The molecule has 0 aliphatic rings. The van der Waals surface area contributed by atoms with Crippen molar-refractivity contribution >= 4 is 34.2 Å². The van der Waals surface area contributed by atoms with Gasteiger partial charge in [-0.1, -0.05) is 47.5 Å². The fourth-order valence-electron chi connectivity index (χ4n) is 3.46. The number of aryl methyl sites for hydroxylation is 2. The Morgan fingerprint density at radius 1 is 0.871 bits per heavy atom. The number of unbranched alkanes of at least 4 members (excludes halogenated alkanes) is 1. The third kappa shape index (κ3) is 5.33. The standard InChI is InChI=1S/C25H24Cl2N2O2/c1-18-16-19(12-13-20(18)26)30-15-7-6-14-29-23-10-4-3-9-22(23)28-25(29)17-31-24-11-5-2-8-21(24)27/h2-5,8-13,16H,6-7,14-15,17H2,1H3. The molecule has 0 saturated carbocycles. The molecule has 4 aromatic rings. The number of hydrogen-bond donors (Lipinski definition) is 0. The van der Waals surface area contributed by atoms with Crippen LogP contribution in [0.3, 0.4) is 0 Å². The maximum absolute atomic E-state index is 6.22. The maximum Gasteiger partial charge on any atom is 0.147 e. The quantitative estimate of drug-likeness (QED) is 0.253. The number of imidazole rings is 1. The molecule has 1 heterocycles. The molecule has 0 amide bonds. The van der Waals surface area contributed by atoms with Crippen LogP contribution in [0, 0.1) is 6.92 Å². The lowest BCUT2D eigenvalue weighted by atomic mass is 10.2. The van der Waals surface area contributed by atoms with Gasteiger partial charge < -0.3 is 14.0 Å². The summed E-state index contributed by atoms with van der Waals surface area (Å²) in [6, 6.07) is 21.4. The number of nitrogens with zero attached hydrogens (tertiary/aromatic N) is 2. The Balaban J connectivity index is 1.38. The number of rotatable bonds is 9. The van der Waals surface area contributed by atoms with Crippen LogP contribution >= 0.6 is 23.2 Å². The first-order valence-corrected chi connectivity index (χ1v) is 11.1. The second-order valence-electron chi connectivity index (χ2n) is 7.35. The molecule has 0 fully saturated rings. The molecule has 0 spiro atoms. The summed E-state index contributed by atoms with van der Waals surface area (Å²) in [5.74, 6) is 2.40. The molecular formula is C25H24Cl2N2O2. The van der Waals surface area contributed by atoms with E-state index in [-0.39, 0.29) is 0 Å². The summed E-state index contributed by atoms with van der Waals surface area (Å²) in [6.45, 7) is 3.83. The minimum atomic E-state index is 0.360. The van der Waals surface area contributed by atoms with Gasteiger partial charge in [-0.05, 0) is 67.8 Å². The third-order valence-corrected chi connectivity index (χ3v) is 5.84. The number of benzene rings is 3. The van der Waals surface area contributed by atoms with E-state index in [9.17, 15) is 0 Å². The summed E-state index contributed by atoms with van der Waals surface area (Å²) in [6.07, 6.45) is 1.89. The summed E-state index contributed by atoms with van der Waals surface area (Å²) in [7, 11) is 0. The molecule has 0 aliphatic carbocycles. The van der Waals surface area contributed by atoms with Crippen molar-refractivity contribution in [3.63, 3.8) is 0 Å². The third-order valence-electron chi connectivity index (χ3n) is 5.10. The Morgan fingerprint density at radius 2 is 1.68 bits per heavy atom. The number of ether oxygens (including phenoxy) is 2. The molecule has 0 unspecified atom stereocenters. The van der Waals surface area contributed by atoms with Gasteiger partial charge in [0.2, 0.25) is 0 Å². The van der Waals surface area contributed by atoms with Gasteiger partial charge >= 0.3 is 0 Å². The molecular weight excluding hydrogens is 431 g/mol. The van der Waals surface area contributed by atoms with E-state index in [1.807, 2.05) is 67.6 Å². The Hall–Kier alpha value is -2.69. The van der Waals surface area contributed by atoms with Gasteiger partial charge in [0.15, 0.2) is 0 Å². The van der Waals surface area contributed by atoms with E-state index in [1.54, 1.807) is 0 Å². The monoisotopic (exact) mass is 454 g/mol. The van der Waals surface area contributed by atoms with Crippen LogP contribution in [0.25, 0.3) is 11.0 Å². The number of aromatic nitrogens is 2. The summed E-state index contributed by atoms with van der Waals surface area (Å²) in [5.41, 5.74) is 3.09. The number of para-hydroxylation sites is 3. The molecule has 4 rings (SSSR count). The SMILES string of the molecule is Cc1cc(OCCCCn2c(COc3ccccc3Cl)nc3ccccc32)ccc1Cl. The van der Waals surface area contributed by atoms with Gasteiger partial charge in [-0.25, -0.2) is 4.98 Å². The fraction of sp³-hybridized carbons (Fsp3) is 0.240. The van der Waals surface area contributed by atoms with E-state index in [4.69, 9.17) is 37.7 Å². The van der Waals surface area contributed by atoms with Crippen LogP contribution in [0.2, 0.25) is 10.0 Å². The van der Waals surface area contributed by atoms with E-state index in [0.717, 1.165) is 52.6 Å². The molecule has 0 saturated heterocycles. The molecule has 6 heteroatoms. The van der Waals surface area contributed by atoms with Crippen molar-refractivity contribution in [3.8, 4) is 11.5 Å². The lowest BCUT2D eigenvalue weighted by Crippen LogP contribution is -2.09. The van der Waals surface area contributed by atoms with Crippen LogP contribution in [-0.2, 0) is 13.2 Å². The van der Waals surface area contributed by atoms with Crippen molar-refractivity contribution in [3.05, 3.63) is 88.2 Å². The highest BCUT2D eigenvalue weighted by atomic mass is 35.5. The Kier molecular flexibility index (Phi) is 7.00. The van der Waals surface area contributed by atoms with Crippen LogP contribution in [0.15, 0.2) is 66.7 Å². The van der Waals surface area contributed by atoms with Crippen molar-refractivity contribution < 1.29 is 9.47 Å². The van der Waals surface area contributed by atoms with Crippen LogP contribution < -0.4 is 9.47 Å². The summed E-state index contributed by atoms with van der Waals surface area (Å²) < 4.78 is 14.0. The van der Waals surface area contributed by atoms with Crippen molar-refractivity contribution in [1.29, 1.82) is 0 Å². The van der Waals surface area contributed by atoms with E-state index < -0.39 is 0 Å². The zero-order chi connectivity index (χ0) is 21.6. The van der Waals surface area contributed by atoms with E-state index in [1.165, 1.54) is 0 Å². The van der Waals surface area contributed by atoms with Crippen molar-refractivity contribution in [2.24, 2.45) is 0 Å². The topological polar surface area (TPSA) is 36.3 Å². The smallest absolute Gasteiger partial charge is 0.147 e. The largest absolute Gasteiger partial charge is 0.494 e. The second-order valence-corrected chi connectivity index (χ2v) is 8.17. The average molecular weight is 455 g/mol. The maximum atomic E-state index is 6.22. The second kappa shape index (κ2) is 10.1. The van der Waals surface area contributed by atoms with E-state index in [2.05, 4.69) is 10.6 Å². The summed E-state index contributed by atoms with van der Waals surface area (Å²) in [4.78, 5) is 4.77. The predicted molar refractivity (Wildman–Crippen MR) is 126 cm³/mol. The normalized spacial score (nSPS) is 11.1. The van der Waals surface area contributed by atoms with E-state index in [0.29, 0.717) is 24.0 Å². The molecule has 0 N–H and O–H groups in total. The molecule has 0 bridgehead atoms. The zero-order valence-corrected chi connectivity index (χ0v) is 18.9. The highest BCUT2D eigenvalue weighted by Crippen LogP contribution is 2.25. The molecule has 1 aromatic heterocycles. The number of fused-ring (bicyclic) bond motifs is 1. The molecule has 0 radical (unpaired) electrons. The highest BCUT2D eigenvalue weighted by Gasteiger charge is 2.12. The lowest BCUT2D eigenvalue weighted by molar-refractivity contribution is 0.285. The Bertz CT molecular complexity index is 1170. The van der Waals surface area contributed by atoms with Gasteiger partial charge in [0.05, 0.1) is 22.7 Å². The minimum Gasteiger partial charge on any atom is -0.494 e. The number of halogens is 2. The lowest BCUT2D eigenvalue weighted by Gasteiger charge is -2.12. The first-order valence-electron chi connectivity index (χ1n) is 10.3. The van der Waals surface area contributed by atoms with Gasteiger partial charge in [-0.15, -0.1) is 0 Å².